The highest BCUT2D eigenvalue weighted by atomic mass is 16.3. The van der Waals surface area contributed by atoms with E-state index in [0.717, 1.165) is 28.0 Å². The van der Waals surface area contributed by atoms with Gasteiger partial charge in [0.1, 0.15) is 5.76 Å². The van der Waals surface area contributed by atoms with Crippen LogP contribution in [0.1, 0.15) is 30.7 Å². The van der Waals surface area contributed by atoms with Gasteiger partial charge in [-0.05, 0) is 33.3 Å². The highest BCUT2D eigenvalue weighted by Crippen LogP contribution is 2.17. The number of hydrogen-bond acceptors (Lipinski definition) is 2. The van der Waals surface area contributed by atoms with Crippen molar-refractivity contribution in [2.24, 2.45) is 0 Å². The molecule has 0 atom stereocenters. The van der Waals surface area contributed by atoms with Crippen LogP contribution in [0.2, 0.25) is 0 Å². The Balaban J connectivity index is 2.69. The van der Waals surface area contributed by atoms with Crippen LogP contribution in [0.15, 0.2) is 52.2 Å². The third-order valence-corrected chi connectivity index (χ3v) is 2.86. The maximum absolute atomic E-state index is 8.74. The molecular weight excluding hydrogens is 236 g/mol. The molecule has 0 aliphatic rings. The van der Waals surface area contributed by atoms with Crippen LogP contribution >= 0.6 is 0 Å². The zero-order valence-electron chi connectivity index (χ0n) is 12.1. The second-order valence-corrected chi connectivity index (χ2v) is 4.62. The molecule has 2 nitrogen and oxygen atoms in total. The Bertz CT molecular complexity index is 506. The largest absolute Gasteiger partial charge is 0.469 e. The second kappa shape index (κ2) is 7.59. The van der Waals surface area contributed by atoms with Crippen LogP contribution in [0, 0.1) is 13.8 Å². The van der Waals surface area contributed by atoms with E-state index in [1.165, 1.54) is 0 Å². The molecule has 19 heavy (non-hydrogen) atoms. The Labute approximate surface area is 115 Å². The molecule has 2 heteroatoms. The van der Waals surface area contributed by atoms with Gasteiger partial charge in [-0.3, -0.25) is 0 Å². The van der Waals surface area contributed by atoms with Crippen molar-refractivity contribution in [3.8, 4) is 0 Å². The highest BCUT2D eigenvalue weighted by Gasteiger charge is 2.01. The summed E-state index contributed by atoms with van der Waals surface area (Å²) in [5.41, 5.74) is 4.51. The maximum atomic E-state index is 8.74. The van der Waals surface area contributed by atoms with E-state index in [1.807, 2.05) is 39.0 Å². The molecule has 0 aliphatic carbocycles. The molecule has 0 aromatic carbocycles. The molecule has 0 bridgehead atoms. The number of hydrogen-bond donors (Lipinski definition) is 1. The summed E-state index contributed by atoms with van der Waals surface area (Å²) in [6.07, 6.45) is 13.7. The van der Waals surface area contributed by atoms with Crippen LogP contribution in [-0.4, -0.2) is 11.7 Å². The minimum atomic E-state index is 0.0812. The van der Waals surface area contributed by atoms with E-state index in [-0.39, 0.29) is 6.61 Å². The molecule has 0 saturated heterocycles. The number of allylic oxidation sites excluding steroid dienone is 6. The number of aliphatic hydroxyl groups is 1. The van der Waals surface area contributed by atoms with Crippen molar-refractivity contribution < 1.29 is 9.52 Å². The summed E-state index contributed by atoms with van der Waals surface area (Å²) in [4.78, 5) is 0. The third kappa shape index (κ3) is 5.14. The van der Waals surface area contributed by atoms with Crippen LogP contribution in [0.4, 0.5) is 0 Å². The monoisotopic (exact) mass is 258 g/mol. The van der Waals surface area contributed by atoms with E-state index in [1.54, 1.807) is 12.3 Å². The molecule has 1 aromatic heterocycles. The average molecular weight is 258 g/mol. The summed E-state index contributed by atoms with van der Waals surface area (Å²) >= 11 is 0. The number of furan rings is 1. The van der Waals surface area contributed by atoms with Gasteiger partial charge in [0.25, 0.3) is 0 Å². The number of aryl methyl sites for hydroxylation is 2. The first-order chi connectivity index (χ1) is 9.04. The van der Waals surface area contributed by atoms with Crippen molar-refractivity contribution in [1.29, 1.82) is 0 Å². The topological polar surface area (TPSA) is 33.4 Å². The van der Waals surface area contributed by atoms with Crippen LogP contribution < -0.4 is 0 Å². The summed E-state index contributed by atoms with van der Waals surface area (Å²) in [6.45, 7) is 8.10. The Morgan fingerprint density at radius 1 is 1.21 bits per heavy atom. The van der Waals surface area contributed by atoms with Gasteiger partial charge in [0.2, 0.25) is 0 Å². The summed E-state index contributed by atoms with van der Waals surface area (Å²) < 4.78 is 5.35. The minimum Gasteiger partial charge on any atom is -0.469 e. The fourth-order valence-electron chi connectivity index (χ4n) is 1.66. The average Bonchev–Trinajstić information content (AvgIpc) is 2.67. The Morgan fingerprint density at radius 2 is 1.95 bits per heavy atom. The molecule has 0 spiro atoms. The smallest absolute Gasteiger partial charge is 0.108 e. The van der Waals surface area contributed by atoms with Crippen molar-refractivity contribution in [1.82, 2.24) is 0 Å². The first-order valence-corrected chi connectivity index (χ1v) is 6.40. The van der Waals surface area contributed by atoms with Crippen molar-refractivity contribution in [2.75, 3.05) is 6.61 Å². The van der Waals surface area contributed by atoms with Gasteiger partial charge in [0.15, 0.2) is 0 Å². The predicted molar refractivity (Wildman–Crippen MR) is 81.0 cm³/mol. The van der Waals surface area contributed by atoms with Crippen molar-refractivity contribution in [3.05, 3.63) is 64.7 Å². The SMILES string of the molecule is CC(C=Cc1c(C)coc1C)=CC=CC(C)=CCO. The summed E-state index contributed by atoms with van der Waals surface area (Å²) in [5, 5.41) is 8.74. The summed E-state index contributed by atoms with van der Waals surface area (Å²) in [5.74, 6) is 0.943. The first kappa shape index (κ1) is 15.3. The first-order valence-electron chi connectivity index (χ1n) is 6.40. The van der Waals surface area contributed by atoms with Crippen LogP contribution in [-0.2, 0) is 0 Å². The van der Waals surface area contributed by atoms with Crippen molar-refractivity contribution in [2.45, 2.75) is 27.7 Å². The van der Waals surface area contributed by atoms with Gasteiger partial charge in [0.05, 0.1) is 12.9 Å². The molecule has 0 radical (unpaired) electrons. The maximum Gasteiger partial charge on any atom is 0.108 e. The molecule has 0 fully saturated rings. The molecule has 1 rings (SSSR count). The lowest BCUT2D eigenvalue weighted by Gasteiger charge is -1.93. The number of rotatable bonds is 5. The molecule has 1 aromatic rings. The van der Waals surface area contributed by atoms with E-state index in [9.17, 15) is 0 Å². The number of aliphatic hydroxyl groups excluding tert-OH is 1. The lowest BCUT2D eigenvalue weighted by molar-refractivity contribution is 0.342. The third-order valence-electron chi connectivity index (χ3n) is 2.86. The molecule has 0 amide bonds. The lowest BCUT2D eigenvalue weighted by Crippen LogP contribution is -1.76. The molecule has 0 unspecified atom stereocenters. The normalized spacial score (nSPS) is 13.9. The van der Waals surface area contributed by atoms with E-state index >= 15 is 0 Å². The van der Waals surface area contributed by atoms with Gasteiger partial charge in [-0.25, -0.2) is 0 Å². The highest BCUT2D eigenvalue weighted by molar-refractivity contribution is 5.57. The van der Waals surface area contributed by atoms with Gasteiger partial charge < -0.3 is 9.52 Å². The van der Waals surface area contributed by atoms with Crippen molar-refractivity contribution in [3.63, 3.8) is 0 Å². The quantitative estimate of drug-likeness (QED) is 0.796. The standard InChI is InChI=1S/C17H22O2/c1-13(6-5-7-14(2)10-11-18)8-9-17-15(3)12-19-16(17)4/h5-10,12,18H,11H2,1-4H3. The molecule has 1 heterocycles. The van der Waals surface area contributed by atoms with E-state index in [2.05, 4.69) is 19.1 Å². The van der Waals surface area contributed by atoms with Crippen LogP contribution in [0.25, 0.3) is 6.08 Å². The van der Waals surface area contributed by atoms with Gasteiger partial charge in [0, 0.05) is 5.56 Å². The fraction of sp³-hybridized carbons (Fsp3) is 0.294. The zero-order valence-corrected chi connectivity index (χ0v) is 12.1. The van der Waals surface area contributed by atoms with Crippen LogP contribution in [0.3, 0.4) is 0 Å². The molecule has 1 N–H and O–H groups in total. The van der Waals surface area contributed by atoms with E-state index < -0.39 is 0 Å². The van der Waals surface area contributed by atoms with Gasteiger partial charge in [-0.1, -0.05) is 47.6 Å². The molecule has 0 aliphatic heterocycles. The minimum absolute atomic E-state index is 0.0812. The van der Waals surface area contributed by atoms with Gasteiger partial charge >= 0.3 is 0 Å². The Morgan fingerprint density at radius 3 is 2.53 bits per heavy atom. The Kier molecular flexibility index (Phi) is 6.10. The predicted octanol–water partition coefficient (Wildman–Crippen LogP) is 4.35. The molecule has 0 saturated carbocycles. The fourth-order valence-corrected chi connectivity index (χ4v) is 1.66. The molecular formula is C17H22O2. The summed E-state index contributed by atoms with van der Waals surface area (Å²) in [7, 11) is 0. The van der Waals surface area contributed by atoms with E-state index in [0.29, 0.717) is 0 Å². The lowest BCUT2D eigenvalue weighted by atomic mass is 10.1. The molecule has 102 valence electrons. The Hall–Kier alpha value is -1.80. The van der Waals surface area contributed by atoms with Crippen LogP contribution in [0.5, 0.6) is 0 Å². The van der Waals surface area contributed by atoms with E-state index in [4.69, 9.17) is 9.52 Å². The second-order valence-electron chi connectivity index (χ2n) is 4.62. The van der Waals surface area contributed by atoms with Crippen molar-refractivity contribution >= 4 is 6.08 Å². The van der Waals surface area contributed by atoms with Gasteiger partial charge in [-0.2, -0.15) is 0 Å². The summed E-state index contributed by atoms with van der Waals surface area (Å²) in [6, 6.07) is 0. The zero-order chi connectivity index (χ0) is 14.3. The van der Waals surface area contributed by atoms with Gasteiger partial charge in [-0.15, -0.1) is 0 Å².